The second-order valence-corrected chi connectivity index (χ2v) is 4.71. The zero-order chi connectivity index (χ0) is 16.4. The summed E-state index contributed by atoms with van der Waals surface area (Å²) < 4.78 is 0.369. The molecule has 23 heavy (non-hydrogen) atoms. The van der Waals surface area contributed by atoms with Gasteiger partial charge < -0.3 is 10.5 Å². The van der Waals surface area contributed by atoms with Gasteiger partial charge in [-0.3, -0.25) is 10.1 Å². The SMILES string of the molecule is O=c1nc(NCc2cccc([N+](=O)[O-])c2)c2cccnc2n1O. The second-order valence-electron chi connectivity index (χ2n) is 4.71. The Labute approximate surface area is 129 Å². The molecule has 116 valence electrons. The van der Waals surface area contributed by atoms with Crippen LogP contribution in [0.5, 0.6) is 0 Å². The summed E-state index contributed by atoms with van der Waals surface area (Å²) in [5.41, 5.74) is -0.146. The summed E-state index contributed by atoms with van der Waals surface area (Å²) in [6.07, 6.45) is 1.44. The third kappa shape index (κ3) is 2.79. The number of nitrogens with zero attached hydrogens (tertiary/aromatic N) is 4. The fourth-order valence-electron chi connectivity index (χ4n) is 2.14. The number of fused-ring (bicyclic) bond motifs is 1. The Morgan fingerprint density at radius 1 is 1.30 bits per heavy atom. The molecule has 9 nitrogen and oxygen atoms in total. The lowest BCUT2D eigenvalue weighted by Gasteiger charge is -2.09. The Morgan fingerprint density at radius 2 is 2.13 bits per heavy atom. The monoisotopic (exact) mass is 313 g/mol. The molecular formula is C14H11N5O4. The lowest BCUT2D eigenvalue weighted by molar-refractivity contribution is -0.384. The molecule has 0 unspecified atom stereocenters. The van der Waals surface area contributed by atoms with E-state index in [4.69, 9.17) is 0 Å². The van der Waals surface area contributed by atoms with Crippen LogP contribution in [0.1, 0.15) is 5.56 Å². The molecule has 0 aliphatic rings. The molecule has 0 aliphatic heterocycles. The highest BCUT2D eigenvalue weighted by atomic mass is 16.6. The molecule has 0 aliphatic carbocycles. The van der Waals surface area contributed by atoms with Gasteiger partial charge in [-0.25, -0.2) is 9.78 Å². The van der Waals surface area contributed by atoms with Crippen molar-refractivity contribution in [2.45, 2.75) is 6.54 Å². The van der Waals surface area contributed by atoms with Crippen molar-refractivity contribution in [3.05, 3.63) is 68.8 Å². The fraction of sp³-hybridized carbons (Fsp3) is 0.0714. The highest BCUT2D eigenvalue weighted by Gasteiger charge is 2.11. The van der Waals surface area contributed by atoms with Crippen LogP contribution in [0.15, 0.2) is 47.4 Å². The van der Waals surface area contributed by atoms with Gasteiger partial charge in [0.1, 0.15) is 5.82 Å². The van der Waals surface area contributed by atoms with Crippen molar-refractivity contribution in [1.29, 1.82) is 0 Å². The van der Waals surface area contributed by atoms with E-state index in [1.807, 2.05) is 0 Å². The maximum atomic E-state index is 11.6. The molecule has 0 saturated heterocycles. The smallest absolute Gasteiger partial charge is 0.384 e. The molecule has 0 amide bonds. The topological polar surface area (TPSA) is 123 Å². The minimum atomic E-state index is -0.863. The van der Waals surface area contributed by atoms with Gasteiger partial charge in [-0.15, -0.1) is 4.73 Å². The number of aromatic nitrogens is 3. The van der Waals surface area contributed by atoms with Crippen LogP contribution in [0.2, 0.25) is 0 Å². The number of benzene rings is 1. The molecule has 0 saturated carbocycles. The van der Waals surface area contributed by atoms with E-state index in [0.717, 1.165) is 0 Å². The van der Waals surface area contributed by atoms with E-state index >= 15 is 0 Å². The molecule has 1 aromatic carbocycles. The zero-order valence-electron chi connectivity index (χ0n) is 11.7. The van der Waals surface area contributed by atoms with Crippen LogP contribution >= 0.6 is 0 Å². The summed E-state index contributed by atoms with van der Waals surface area (Å²) in [6.45, 7) is 0.230. The summed E-state index contributed by atoms with van der Waals surface area (Å²) in [5.74, 6) is 0.245. The maximum absolute atomic E-state index is 11.6. The van der Waals surface area contributed by atoms with Crippen molar-refractivity contribution in [1.82, 2.24) is 14.7 Å². The average molecular weight is 313 g/mol. The van der Waals surface area contributed by atoms with Crippen LogP contribution in [0.25, 0.3) is 11.0 Å². The Kier molecular flexibility index (Phi) is 3.59. The first-order valence-electron chi connectivity index (χ1n) is 6.60. The van der Waals surface area contributed by atoms with Gasteiger partial charge in [-0.1, -0.05) is 12.1 Å². The van der Waals surface area contributed by atoms with Gasteiger partial charge in [-0.2, -0.15) is 4.98 Å². The third-order valence-corrected chi connectivity index (χ3v) is 3.21. The van der Waals surface area contributed by atoms with Gasteiger partial charge in [0.15, 0.2) is 5.65 Å². The minimum absolute atomic E-state index is 0.0189. The molecule has 3 aromatic rings. The van der Waals surface area contributed by atoms with E-state index in [-0.39, 0.29) is 23.7 Å². The molecule has 2 aromatic heterocycles. The first kappa shape index (κ1) is 14.4. The molecule has 0 spiro atoms. The lowest BCUT2D eigenvalue weighted by Crippen LogP contribution is -2.23. The normalized spacial score (nSPS) is 10.6. The van der Waals surface area contributed by atoms with Gasteiger partial charge in [0.25, 0.3) is 5.69 Å². The van der Waals surface area contributed by atoms with Crippen molar-refractivity contribution in [3.8, 4) is 0 Å². The van der Waals surface area contributed by atoms with Gasteiger partial charge in [0.05, 0.1) is 10.3 Å². The Morgan fingerprint density at radius 3 is 2.91 bits per heavy atom. The summed E-state index contributed by atoms with van der Waals surface area (Å²) in [5, 5.41) is 23.8. The molecule has 3 rings (SSSR count). The predicted octanol–water partition coefficient (Wildman–Crippen LogP) is 1.55. The van der Waals surface area contributed by atoms with Crippen LogP contribution in [0.3, 0.4) is 0 Å². The summed E-state index contributed by atoms with van der Waals surface area (Å²) >= 11 is 0. The van der Waals surface area contributed by atoms with Gasteiger partial charge >= 0.3 is 5.69 Å². The second kappa shape index (κ2) is 5.72. The van der Waals surface area contributed by atoms with E-state index in [1.165, 1.54) is 18.3 Å². The Hall–Kier alpha value is -3.49. The average Bonchev–Trinajstić information content (AvgIpc) is 2.57. The quantitative estimate of drug-likeness (QED) is 0.425. The van der Waals surface area contributed by atoms with E-state index in [1.54, 1.807) is 24.3 Å². The van der Waals surface area contributed by atoms with Crippen molar-refractivity contribution in [3.63, 3.8) is 0 Å². The Bertz CT molecular complexity index is 953. The highest BCUT2D eigenvalue weighted by molar-refractivity contribution is 5.86. The largest absolute Gasteiger partial charge is 0.422 e. The first-order chi connectivity index (χ1) is 11.1. The fourth-order valence-corrected chi connectivity index (χ4v) is 2.14. The summed E-state index contributed by atoms with van der Waals surface area (Å²) in [4.78, 5) is 29.6. The third-order valence-electron chi connectivity index (χ3n) is 3.21. The number of nitro benzene ring substituents is 1. The van der Waals surface area contributed by atoms with E-state index in [0.29, 0.717) is 15.7 Å². The first-order valence-corrected chi connectivity index (χ1v) is 6.60. The number of rotatable bonds is 4. The number of nitrogens with one attached hydrogen (secondary N) is 1. The van der Waals surface area contributed by atoms with Crippen molar-refractivity contribution < 1.29 is 10.1 Å². The van der Waals surface area contributed by atoms with Crippen LogP contribution in [0, 0.1) is 10.1 Å². The molecule has 2 heterocycles. The number of hydrogen-bond acceptors (Lipinski definition) is 7. The molecule has 0 atom stereocenters. The van der Waals surface area contributed by atoms with Gasteiger partial charge in [0, 0.05) is 24.9 Å². The standard InChI is InChI=1S/C14H11N5O4/c20-14-17-12(11-5-2-6-15-13(11)18(14)21)16-8-9-3-1-4-10(7-9)19(22)23/h1-7,21H,8H2,(H,16,17,20). The molecule has 0 fully saturated rings. The maximum Gasteiger partial charge on any atom is 0.384 e. The predicted molar refractivity (Wildman–Crippen MR) is 81.4 cm³/mol. The van der Waals surface area contributed by atoms with E-state index in [9.17, 15) is 20.1 Å². The van der Waals surface area contributed by atoms with Crippen LogP contribution in [-0.4, -0.2) is 24.8 Å². The van der Waals surface area contributed by atoms with Gasteiger partial charge in [-0.05, 0) is 17.7 Å². The molecule has 9 heteroatoms. The van der Waals surface area contributed by atoms with Gasteiger partial charge in [0.2, 0.25) is 0 Å². The minimum Gasteiger partial charge on any atom is -0.422 e. The highest BCUT2D eigenvalue weighted by Crippen LogP contribution is 2.18. The number of non-ortho nitro benzene ring substituents is 1. The summed E-state index contributed by atoms with van der Waals surface area (Å²) in [6, 6.07) is 9.42. The zero-order valence-corrected chi connectivity index (χ0v) is 11.7. The van der Waals surface area contributed by atoms with E-state index < -0.39 is 10.6 Å². The summed E-state index contributed by atoms with van der Waals surface area (Å²) in [7, 11) is 0. The number of nitro groups is 1. The Balaban J connectivity index is 1.94. The molecular weight excluding hydrogens is 302 g/mol. The van der Waals surface area contributed by atoms with Crippen LogP contribution < -0.4 is 11.0 Å². The molecule has 2 N–H and O–H groups in total. The van der Waals surface area contributed by atoms with Crippen LogP contribution in [-0.2, 0) is 6.54 Å². The van der Waals surface area contributed by atoms with E-state index in [2.05, 4.69) is 15.3 Å². The van der Waals surface area contributed by atoms with Crippen molar-refractivity contribution >= 4 is 22.5 Å². The molecule has 0 bridgehead atoms. The van der Waals surface area contributed by atoms with Crippen LogP contribution in [0.4, 0.5) is 11.5 Å². The number of anilines is 1. The van der Waals surface area contributed by atoms with Crippen molar-refractivity contribution in [2.24, 2.45) is 0 Å². The lowest BCUT2D eigenvalue weighted by atomic mass is 10.2. The molecule has 0 radical (unpaired) electrons. The number of hydrogen-bond donors (Lipinski definition) is 2. The number of pyridine rings is 1. The van der Waals surface area contributed by atoms with Crippen molar-refractivity contribution in [2.75, 3.05) is 5.32 Å².